The largest absolute Gasteiger partial charge is 0.206 e. The predicted octanol–water partition coefficient (Wildman–Crippen LogP) is 11.7. The molecule has 0 saturated heterocycles. The molecule has 0 aliphatic heterocycles. The summed E-state index contributed by atoms with van der Waals surface area (Å²) in [6.07, 6.45) is 17.2. The molecule has 41 heavy (non-hydrogen) atoms. The molecule has 0 spiro atoms. The molecule has 1 saturated carbocycles. The van der Waals surface area contributed by atoms with Gasteiger partial charge >= 0.3 is 0 Å². The van der Waals surface area contributed by atoms with E-state index in [1.807, 2.05) is 24.3 Å². The van der Waals surface area contributed by atoms with E-state index < -0.39 is 11.6 Å². The molecule has 1 unspecified atom stereocenters. The van der Waals surface area contributed by atoms with Crippen molar-refractivity contribution in [2.45, 2.75) is 84.0 Å². The molecule has 216 valence electrons. The van der Waals surface area contributed by atoms with Crippen molar-refractivity contribution in [2.75, 3.05) is 0 Å². The van der Waals surface area contributed by atoms with Gasteiger partial charge in [0.15, 0.2) is 11.6 Å². The Morgan fingerprint density at radius 1 is 0.732 bits per heavy atom. The molecule has 2 aliphatic rings. The molecule has 5 rings (SSSR count). The van der Waals surface area contributed by atoms with Crippen LogP contribution in [0.5, 0.6) is 0 Å². The van der Waals surface area contributed by atoms with Gasteiger partial charge in [0.2, 0.25) is 0 Å². The van der Waals surface area contributed by atoms with Gasteiger partial charge in [-0.15, -0.1) is 6.58 Å². The Labute approximate surface area is 244 Å². The summed E-state index contributed by atoms with van der Waals surface area (Å²) in [5.74, 6) is 0.442. The van der Waals surface area contributed by atoms with Gasteiger partial charge in [-0.1, -0.05) is 86.9 Å². The lowest BCUT2D eigenvalue weighted by atomic mass is 9.71. The maximum Gasteiger partial charge on any atom is 0.166 e. The van der Waals surface area contributed by atoms with Crippen LogP contribution >= 0.6 is 0 Å². The van der Waals surface area contributed by atoms with Crippen LogP contribution in [-0.4, -0.2) is 0 Å². The molecule has 0 aromatic heterocycles. The van der Waals surface area contributed by atoms with E-state index in [0.717, 1.165) is 67.6 Å². The molecule has 1 atom stereocenters. The van der Waals surface area contributed by atoms with Crippen LogP contribution in [0.4, 0.5) is 13.2 Å². The number of aryl methyl sites for hydroxylation is 1. The summed E-state index contributed by atoms with van der Waals surface area (Å²) < 4.78 is 45.0. The van der Waals surface area contributed by atoms with E-state index >= 15 is 4.39 Å². The zero-order chi connectivity index (χ0) is 28.8. The Balaban J connectivity index is 1.24. The summed E-state index contributed by atoms with van der Waals surface area (Å²) >= 11 is 0. The van der Waals surface area contributed by atoms with Crippen LogP contribution in [0.25, 0.3) is 27.8 Å². The molecule has 3 aromatic carbocycles. The third-order valence-electron chi connectivity index (χ3n) is 9.57. The van der Waals surface area contributed by atoms with E-state index in [9.17, 15) is 8.78 Å². The van der Waals surface area contributed by atoms with Gasteiger partial charge in [-0.2, -0.15) is 0 Å². The Morgan fingerprint density at radius 3 is 2.10 bits per heavy atom. The molecule has 0 N–H and O–H groups in total. The Morgan fingerprint density at radius 2 is 1.44 bits per heavy atom. The van der Waals surface area contributed by atoms with E-state index in [1.165, 1.54) is 25.7 Å². The fraction of sp³-hybridized carbons (Fsp3) is 0.421. The lowest BCUT2D eigenvalue weighted by molar-refractivity contribution is 0.212. The zero-order valence-corrected chi connectivity index (χ0v) is 24.4. The summed E-state index contributed by atoms with van der Waals surface area (Å²) in [5, 5.41) is 0. The molecular formula is C38H43F3. The number of hydrogen-bond acceptors (Lipinski definition) is 0. The minimum Gasteiger partial charge on any atom is -0.206 e. The minimum atomic E-state index is -0.798. The molecule has 2 aliphatic carbocycles. The number of allylic oxidation sites excluding steroid dienone is 3. The summed E-state index contributed by atoms with van der Waals surface area (Å²) in [5.41, 5.74) is 4.75. The summed E-state index contributed by atoms with van der Waals surface area (Å²) in [4.78, 5) is 0. The van der Waals surface area contributed by atoms with Crippen LogP contribution in [0.3, 0.4) is 0 Å². The monoisotopic (exact) mass is 556 g/mol. The first-order chi connectivity index (χ1) is 20.0. The van der Waals surface area contributed by atoms with Crippen LogP contribution in [0.2, 0.25) is 0 Å². The van der Waals surface area contributed by atoms with Gasteiger partial charge in [0, 0.05) is 11.1 Å². The van der Waals surface area contributed by atoms with Gasteiger partial charge in [0.1, 0.15) is 5.82 Å². The van der Waals surface area contributed by atoms with E-state index in [4.69, 9.17) is 0 Å². The van der Waals surface area contributed by atoms with Crippen molar-refractivity contribution in [1.82, 2.24) is 0 Å². The van der Waals surface area contributed by atoms with E-state index in [-0.39, 0.29) is 11.4 Å². The fourth-order valence-corrected chi connectivity index (χ4v) is 6.92. The standard InChI is InChI=1S/C38H43F3/c1-3-5-6-7-8-32-21-24-35(38(41)37(32)40)31-19-15-29(16-20-31)33-22-23-34(36(39)25-33)30-17-13-28(14-18-30)27-11-9-26(4-2)10-12-27/h4,15-17,19-28H,2-3,5-14,18H2,1H3. The van der Waals surface area contributed by atoms with Crippen LogP contribution in [0.15, 0.2) is 73.3 Å². The van der Waals surface area contributed by atoms with E-state index in [0.29, 0.717) is 34.9 Å². The highest BCUT2D eigenvalue weighted by Gasteiger charge is 2.28. The van der Waals surface area contributed by atoms with Gasteiger partial charge in [0.25, 0.3) is 0 Å². The Kier molecular flexibility index (Phi) is 9.85. The van der Waals surface area contributed by atoms with Gasteiger partial charge in [-0.25, -0.2) is 13.2 Å². The highest BCUT2D eigenvalue weighted by atomic mass is 19.2. The highest BCUT2D eigenvalue weighted by molar-refractivity contribution is 5.74. The van der Waals surface area contributed by atoms with Crippen molar-refractivity contribution in [1.29, 1.82) is 0 Å². The second kappa shape index (κ2) is 13.7. The minimum absolute atomic E-state index is 0.203. The number of halogens is 3. The first-order valence-corrected chi connectivity index (χ1v) is 15.7. The summed E-state index contributed by atoms with van der Waals surface area (Å²) in [7, 11) is 0. The second-order valence-corrected chi connectivity index (χ2v) is 12.2. The predicted molar refractivity (Wildman–Crippen MR) is 166 cm³/mol. The molecule has 3 heteroatoms. The smallest absolute Gasteiger partial charge is 0.166 e. The number of benzene rings is 3. The van der Waals surface area contributed by atoms with Crippen molar-refractivity contribution in [3.63, 3.8) is 0 Å². The quantitative estimate of drug-likeness (QED) is 0.172. The van der Waals surface area contributed by atoms with Crippen LogP contribution in [0.1, 0.15) is 88.7 Å². The molecule has 1 fully saturated rings. The zero-order valence-electron chi connectivity index (χ0n) is 24.4. The third-order valence-corrected chi connectivity index (χ3v) is 9.57. The van der Waals surface area contributed by atoms with Gasteiger partial charge < -0.3 is 0 Å². The maximum atomic E-state index is 15.3. The summed E-state index contributed by atoms with van der Waals surface area (Å²) in [6, 6.07) is 16.1. The molecule has 0 amide bonds. The maximum absolute atomic E-state index is 15.3. The first-order valence-electron chi connectivity index (χ1n) is 15.7. The van der Waals surface area contributed by atoms with E-state index in [1.54, 1.807) is 30.3 Å². The van der Waals surface area contributed by atoms with Crippen molar-refractivity contribution in [3.8, 4) is 22.3 Å². The first kappa shape index (κ1) is 29.4. The van der Waals surface area contributed by atoms with Crippen LogP contribution < -0.4 is 0 Å². The lowest BCUT2D eigenvalue weighted by Crippen LogP contribution is -2.22. The molecule has 0 nitrogen and oxygen atoms in total. The normalized spacial score (nSPS) is 21.0. The van der Waals surface area contributed by atoms with E-state index in [2.05, 4.69) is 25.7 Å². The second-order valence-electron chi connectivity index (χ2n) is 12.2. The molecule has 0 bridgehead atoms. The Hall–Kier alpha value is -3.07. The number of hydrogen-bond donors (Lipinski definition) is 0. The lowest BCUT2D eigenvalue weighted by Gasteiger charge is -2.34. The van der Waals surface area contributed by atoms with Crippen molar-refractivity contribution in [2.24, 2.45) is 17.8 Å². The van der Waals surface area contributed by atoms with Crippen LogP contribution in [0, 0.1) is 35.2 Å². The van der Waals surface area contributed by atoms with Crippen molar-refractivity contribution in [3.05, 3.63) is 102 Å². The molecule has 3 aromatic rings. The molecular weight excluding hydrogens is 513 g/mol. The molecule has 0 radical (unpaired) electrons. The Bertz CT molecular complexity index is 1360. The van der Waals surface area contributed by atoms with Gasteiger partial charge in [-0.3, -0.25) is 0 Å². The number of rotatable bonds is 10. The topological polar surface area (TPSA) is 0 Å². The summed E-state index contributed by atoms with van der Waals surface area (Å²) in [6.45, 7) is 6.10. The van der Waals surface area contributed by atoms with Crippen molar-refractivity contribution < 1.29 is 13.2 Å². The van der Waals surface area contributed by atoms with Crippen molar-refractivity contribution >= 4 is 5.57 Å². The van der Waals surface area contributed by atoms with Gasteiger partial charge in [-0.05, 0) is 109 Å². The average molecular weight is 557 g/mol. The molecule has 0 heterocycles. The fourth-order valence-electron chi connectivity index (χ4n) is 6.92. The average Bonchev–Trinajstić information content (AvgIpc) is 3.01. The SMILES string of the molecule is C=CC1CCC(C2CC=C(c3ccc(-c4ccc(-c5ccc(CCCCCC)c(F)c5F)cc4)cc3F)CC2)CC1. The number of unbranched alkanes of at least 4 members (excludes halogenated alkanes) is 3. The third kappa shape index (κ3) is 6.88. The van der Waals surface area contributed by atoms with Gasteiger partial charge in [0.05, 0.1) is 0 Å². The van der Waals surface area contributed by atoms with Crippen LogP contribution in [-0.2, 0) is 6.42 Å². The highest BCUT2D eigenvalue weighted by Crippen LogP contribution is 2.42.